The summed E-state index contributed by atoms with van der Waals surface area (Å²) in [6, 6.07) is 16.4. The van der Waals surface area contributed by atoms with E-state index in [9.17, 15) is 4.79 Å². The number of H-pyrrole nitrogens is 1. The van der Waals surface area contributed by atoms with Crippen molar-refractivity contribution >= 4 is 28.4 Å². The molecule has 3 nitrogen and oxygen atoms in total. The third-order valence-electron chi connectivity index (χ3n) is 6.78. The van der Waals surface area contributed by atoms with Crippen LogP contribution in [0.2, 0.25) is 5.02 Å². The Bertz CT molecular complexity index is 1020. The molecule has 2 heterocycles. The van der Waals surface area contributed by atoms with Crippen molar-refractivity contribution in [2.45, 2.75) is 51.0 Å². The van der Waals surface area contributed by atoms with E-state index in [-0.39, 0.29) is 11.9 Å². The molecule has 1 aromatic heterocycles. The molecule has 1 aliphatic carbocycles. The van der Waals surface area contributed by atoms with E-state index < -0.39 is 0 Å². The number of rotatable bonds is 4. The number of hydrogen-bond donors (Lipinski definition) is 1. The van der Waals surface area contributed by atoms with Crippen LogP contribution in [-0.4, -0.2) is 22.3 Å². The van der Waals surface area contributed by atoms with Gasteiger partial charge in [-0.25, -0.2) is 0 Å². The molecule has 3 aromatic rings. The van der Waals surface area contributed by atoms with Gasteiger partial charge in [0.15, 0.2) is 0 Å². The van der Waals surface area contributed by atoms with Gasteiger partial charge in [0.2, 0.25) is 5.91 Å². The van der Waals surface area contributed by atoms with Gasteiger partial charge in [-0.15, -0.1) is 0 Å². The van der Waals surface area contributed by atoms with Gasteiger partial charge >= 0.3 is 0 Å². The number of aromatic nitrogens is 1. The van der Waals surface area contributed by atoms with Crippen molar-refractivity contribution in [3.05, 3.63) is 70.4 Å². The van der Waals surface area contributed by atoms with Gasteiger partial charge < -0.3 is 9.88 Å². The quantitative estimate of drug-likeness (QED) is 0.544. The second kappa shape index (κ2) is 7.87. The Kier molecular flexibility index (Phi) is 5.09. The first-order valence-electron chi connectivity index (χ1n) is 10.8. The first-order valence-corrected chi connectivity index (χ1v) is 11.2. The highest BCUT2D eigenvalue weighted by Crippen LogP contribution is 2.39. The predicted octanol–water partition coefficient (Wildman–Crippen LogP) is 6.27. The molecular formula is C25H27ClN2O. The van der Waals surface area contributed by atoms with Gasteiger partial charge in [-0.05, 0) is 48.1 Å². The van der Waals surface area contributed by atoms with Crippen molar-refractivity contribution in [3.8, 4) is 0 Å². The first-order chi connectivity index (χ1) is 14.2. The molecule has 1 fully saturated rings. The molecule has 4 heteroatoms. The van der Waals surface area contributed by atoms with Crippen LogP contribution in [0.5, 0.6) is 0 Å². The van der Waals surface area contributed by atoms with Crippen molar-refractivity contribution in [3.63, 3.8) is 0 Å². The maximum Gasteiger partial charge on any atom is 0.223 e. The fraction of sp³-hybridized carbons (Fsp3) is 0.400. The van der Waals surface area contributed by atoms with Gasteiger partial charge in [0.25, 0.3) is 0 Å². The number of hydrogen-bond acceptors (Lipinski definition) is 1. The third-order valence-corrected chi connectivity index (χ3v) is 7.03. The van der Waals surface area contributed by atoms with Crippen molar-refractivity contribution < 1.29 is 4.79 Å². The van der Waals surface area contributed by atoms with Crippen LogP contribution >= 0.6 is 11.6 Å². The number of nitrogens with one attached hydrogen (secondary N) is 1. The molecule has 2 aliphatic rings. The van der Waals surface area contributed by atoms with Gasteiger partial charge in [-0.1, -0.05) is 67.6 Å². The Morgan fingerprint density at radius 1 is 1.07 bits per heavy atom. The molecule has 0 bridgehead atoms. The summed E-state index contributed by atoms with van der Waals surface area (Å²) in [5.74, 6) is 1.02. The number of fused-ring (bicyclic) bond motifs is 3. The third kappa shape index (κ3) is 3.57. The maximum atomic E-state index is 13.3. The fourth-order valence-electron chi connectivity index (χ4n) is 5.27. The van der Waals surface area contributed by atoms with Gasteiger partial charge in [0.1, 0.15) is 0 Å². The van der Waals surface area contributed by atoms with Crippen LogP contribution in [0.3, 0.4) is 0 Å². The number of aromatic amines is 1. The molecule has 150 valence electrons. The lowest BCUT2D eigenvalue weighted by Crippen LogP contribution is -2.40. The Balaban J connectivity index is 1.50. The smallest absolute Gasteiger partial charge is 0.223 e. The molecule has 1 atom stereocenters. The Morgan fingerprint density at radius 3 is 2.62 bits per heavy atom. The van der Waals surface area contributed by atoms with Crippen LogP contribution in [-0.2, 0) is 11.2 Å². The Labute approximate surface area is 177 Å². The molecular weight excluding hydrogens is 380 g/mol. The molecule has 5 rings (SSSR count). The van der Waals surface area contributed by atoms with Gasteiger partial charge in [0, 0.05) is 34.6 Å². The summed E-state index contributed by atoms with van der Waals surface area (Å²) in [7, 11) is 0. The standard InChI is InChI=1S/C25H27ClN2O/c26-19-12-10-18(11-13-19)25-24-21(20-7-3-4-8-22(20)27-24)15-16-28(25)23(29)14-9-17-5-1-2-6-17/h3-4,7-8,10-13,17,25,27H,1-2,5-6,9,14-16H2. The lowest BCUT2D eigenvalue weighted by atomic mass is 9.91. The number of halogens is 1. The molecule has 0 saturated heterocycles. The van der Waals surface area contributed by atoms with E-state index in [1.54, 1.807) is 0 Å². The summed E-state index contributed by atoms with van der Waals surface area (Å²) in [6.07, 6.45) is 7.83. The minimum atomic E-state index is -0.0699. The average Bonchev–Trinajstić information content (AvgIpc) is 3.39. The molecule has 0 spiro atoms. The van der Waals surface area contributed by atoms with Crippen LogP contribution in [0.1, 0.15) is 61.4 Å². The molecule has 1 amide bonds. The van der Waals surface area contributed by atoms with Crippen LogP contribution in [0.15, 0.2) is 48.5 Å². The zero-order valence-electron chi connectivity index (χ0n) is 16.7. The number of benzene rings is 2. The van der Waals surface area contributed by atoms with E-state index in [2.05, 4.69) is 46.3 Å². The van der Waals surface area contributed by atoms with Crippen molar-refractivity contribution in [2.24, 2.45) is 5.92 Å². The summed E-state index contributed by atoms with van der Waals surface area (Å²) in [6.45, 7) is 0.769. The molecule has 1 N–H and O–H groups in total. The zero-order chi connectivity index (χ0) is 19.8. The zero-order valence-corrected chi connectivity index (χ0v) is 17.4. The lowest BCUT2D eigenvalue weighted by molar-refractivity contribution is -0.133. The van der Waals surface area contributed by atoms with Crippen LogP contribution in [0.25, 0.3) is 10.9 Å². The highest BCUT2D eigenvalue weighted by atomic mass is 35.5. The van der Waals surface area contributed by atoms with E-state index in [4.69, 9.17) is 11.6 Å². The summed E-state index contributed by atoms with van der Waals surface area (Å²) in [5, 5.41) is 2.00. The summed E-state index contributed by atoms with van der Waals surface area (Å²) < 4.78 is 0. The van der Waals surface area contributed by atoms with Crippen LogP contribution in [0, 0.1) is 5.92 Å². The average molecular weight is 407 g/mol. The number of amides is 1. The number of carbonyl (C=O) groups is 1. The molecule has 1 unspecified atom stereocenters. The Morgan fingerprint density at radius 2 is 1.83 bits per heavy atom. The Hall–Kier alpha value is -2.26. The monoisotopic (exact) mass is 406 g/mol. The van der Waals surface area contributed by atoms with E-state index in [1.807, 2.05) is 12.1 Å². The van der Waals surface area contributed by atoms with Crippen molar-refractivity contribution in [2.75, 3.05) is 6.54 Å². The maximum absolute atomic E-state index is 13.3. The SMILES string of the molecule is O=C(CCC1CCCC1)N1CCc2c([nH]c3ccccc23)C1c1ccc(Cl)cc1. The van der Waals surface area contributed by atoms with E-state index in [0.717, 1.165) is 47.1 Å². The van der Waals surface area contributed by atoms with Gasteiger partial charge in [-0.3, -0.25) is 4.79 Å². The number of para-hydroxylation sites is 1. The van der Waals surface area contributed by atoms with Crippen molar-refractivity contribution in [1.29, 1.82) is 0 Å². The minimum absolute atomic E-state index is 0.0699. The van der Waals surface area contributed by atoms with Crippen molar-refractivity contribution in [1.82, 2.24) is 9.88 Å². The second-order valence-corrected chi connectivity index (χ2v) is 8.98. The van der Waals surface area contributed by atoms with Crippen LogP contribution < -0.4 is 0 Å². The molecule has 2 aromatic carbocycles. The number of carbonyl (C=O) groups excluding carboxylic acids is 1. The summed E-state index contributed by atoms with van der Waals surface area (Å²) >= 11 is 6.15. The molecule has 29 heavy (non-hydrogen) atoms. The summed E-state index contributed by atoms with van der Waals surface area (Å²) in [4.78, 5) is 19.0. The van der Waals surface area contributed by atoms with E-state index >= 15 is 0 Å². The second-order valence-electron chi connectivity index (χ2n) is 8.54. The number of nitrogens with zero attached hydrogens (tertiary/aromatic N) is 1. The van der Waals surface area contributed by atoms with Crippen LogP contribution in [0.4, 0.5) is 0 Å². The molecule has 1 saturated carbocycles. The highest BCUT2D eigenvalue weighted by molar-refractivity contribution is 6.30. The minimum Gasteiger partial charge on any atom is -0.356 e. The lowest BCUT2D eigenvalue weighted by Gasteiger charge is -2.36. The van der Waals surface area contributed by atoms with Gasteiger partial charge in [-0.2, -0.15) is 0 Å². The largest absolute Gasteiger partial charge is 0.356 e. The topological polar surface area (TPSA) is 36.1 Å². The highest BCUT2D eigenvalue weighted by Gasteiger charge is 2.34. The van der Waals surface area contributed by atoms with E-state index in [1.165, 1.54) is 36.6 Å². The van der Waals surface area contributed by atoms with E-state index in [0.29, 0.717) is 6.42 Å². The molecule has 1 aliphatic heterocycles. The normalized spacial score (nSPS) is 19.6. The summed E-state index contributed by atoms with van der Waals surface area (Å²) in [5.41, 5.74) is 4.78. The molecule has 0 radical (unpaired) electrons. The predicted molar refractivity (Wildman–Crippen MR) is 118 cm³/mol. The first kappa shape index (κ1) is 18.7. The van der Waals surface area contributed by atoms with Gasteiger partial charge in [0.05, 0.1) is 6.04 Å². The fourth-order valence-corrected chi connectivity index (χ4v) is 5.40.